The number of nitrogens with zero attached hydrogens (tertiary/aromatic N) is 2. The number of hydrogen-bond donors (Lipinski definition) is 1. The van der Waals surface area contributed by atoms with Gasteiger partial charge in [-0.25, -0.2) is 4.98 Å². The van der Waals surface area contributed by atoms with Gasteiger partial charge in [-0.3, -0.25) is 4.90 Å². The standard InChI is InChI=1S/C18H27N3S.ClH/c1-18(2,3)16-13-20-17(22-16)14-21(12-10-19)11-9-15-7-5-4-6-8-15;/h4-8,13H,9-12,14,19H2,1-3H3;1H. The van der Waals surface area contributed by atoms with Crippen LogP contribution in [0.2, 0.25) is 0 Å². The van der Waals surface area contributed by atoms with Crippen molar-refractivity contribution in [3.05, 3.63) is 52.0 Å². The van der Waals surface area contributed by atoms with Crippen molar-refractivity contribution in [3.8, 4) is 0 Å². The van der Waals surface area contributed by atoms with Gasteiger partial charge >= 0.3 is 0 Å². The summed E-state index contributed by atoms with van der Waals surface area (Å²) in [5.41, 5.74) is 7.32. The van der Waals surface area contributed by atoms with Crippen LogP contribution in [0.4, 0.5) is 0 Å². The van der Waals surface area contributed by atoms with Gasteiger partial charge in [0.2, 0.25) is 0 Å². The van der Waals surface area contributed by atoms with Crippen LogP contribution in [0.5, 0.6) is 0 Å². The van der Waals surface area contributed by atoms with E-state index < -0.39 is 0 Å². The highest BCUT2D eigenvalue weighted by atomic mass is 35.5. The lowest BCUT2D eigenvalue weighted by molar-refractivity contribution is 0.276. The Morgan fingerprint density at radius 2 is 1.83 bits per heavy atom. The Bertz CT molecular complexity index is 563. The number of hydrogen-bond acceptors (Lipinski definition) is 4. The Labute approximate surface area is 150 Å². The van der Waals surface area contributed by atoms with Crippen LogP contribution >= 0.6 is 23.7 Å². The van der Waals surface area contributed by atoms with Gasteiger partial charge in [-0.2, -0.15) is 0 Å². The molecule has 0 radical (unpaired) electrons. The fourth-order valence-electron chi connectivity index (χ4n) is 2.31. The molecule has 0 aliphatic carbocycles. The largest absolute Gasteiger partial charge is 0.329 e. The van der Waals surface area contributed by atoms with Crippen LogP contribution in [-0.2, 0) is 18.4 Å². The van der Waals surface area contributed by atoms with Crippen LogP contribution in [0.1, 0.15) is 36.2 Å². The third kappa shape index (κ3) is 6.60. The van der Waals surface area contributed by atoms with Crippen LogP contribution < -0.4 is 5.73 Å². The summed E-state index contributed by atoms with van der Waals surface area (Å²) < 4.78 is 0. The second-order valence-corrected chi connectivity index (χ2v) is 7.78. The molecule has 0 aliphatic heterocycles. The number of thiazole rings is 1. The average Bonchev–Trinajstić information content (AvgIpc) is 2.95. The molecule has 0 fully saturated rings. The monoisotopic (exact) mass is 353 g/mol. The molecule has 1 heterocycles. The minimum absolute atomic E-state index is 0. The molecular weight excluding hydrogens is 326 g/mol. The molecule has 0 saturated heterocycles. The summed E-state index contributed by atoms with van der Waals surface area (Å²) in [7, 11) is 0. The topological polar surface area (TPSA) is 42.2 Å². The van der Waals surface area contributed by atoms with Gasteiger partial charge in [0.1, 0.15) is 5.01 Å². The average molecular weight is 354 g/mol. The number of halogens is 1. The van der Waals surface area contributed by atoms with Crippen LogP contribution in [0.25, 0.3) is 0 Å². The Morgan fingerprint density at radius 1 is 1.13 bits per heavy atom. The zero-order valence-corrected chi connectivity index (χ0v) is 15.9. The van der Waals surface area contributed by atoms with Crippen LogP contribution in [-0.4, -0.2) is 29.5 Å². The second-order valence-electron chi connectivity index (χ2n) is 6.67. The lowest BCUT2D eigenvalue weighted by atomic mass is 9.96. The Balaban J connectivity index is 0.00000264. The van der Waals surface area contributed by atoms with Gasteiger partial charge in [-0.15, -0.1) is 23.7 Å². The lowest BCUT2D eigenvalue weighted by Gasteiger charge is -2.20. The van der Waals surface area contributed by atoms with Crippen molar-refractivity contribution >= 4 is 23.7 Å². The molecule has 2 N–H and O–H groups in total. The first-order valence-electron chi connectivity index (χ1n) is 7.90. The van der Waals surface area contributed by atoms with Crippen LogP contribution in [0.15, 0.2) is 36.5 Å². The first-order valence-corrected chi connectivity index (χ1v) is 8.72. The maximum atomic E-state index is 5.77. The van der Waals surface area contributed by atoms with Gasteiger partial charge in [-0.05, 0) is 17.4 Å². The third-order valence-electron chi connectivity index (χ3n) is 3.66. The molecular formula is C18H28ClN3S. The van der Waals surface area contributed by atoms with Gasteiger partial charge in [0.25, 0.3) is 0 Å². The summed E-state index contributed by atoms with van der Waals surface area (Å²) in [6.07, 6.45) is 3.08. The highest BCUT2D eigenvalue weighted by Gasteiger charge is 2.18. The van der Waals surface area contributed by atoms with E-state index in [0.717, 1.165) is 26.1 Å². The molecule has 0 amide bonds. The van der Waals surface area contributed by atoms with E-state index in [0.29, 0.717) is 6.54 Å². The van der Waals surface area contributed by atoms with E-state index in [1.807, 2.05) is 17.5 Å². The molecule has 0 unspecified atom stereocenters. The molecule has 0 atom stereocenters. The summed E-state index contributed by atoms with van der Waals surface area (Å²) in [6, 6.07) is 10.6. The van der Waals surface area contributed by atoms with E-state index in [9.17, 15) is 0 Å². The molecule has 5 heteroatoms. The number of benzene rings is 1. The fourth-order valence-corrected chi connectivity index (χ4v) is 3.32. The highest BCUT2D eigenvalue weighted by molar-refractivity contribution is 7.11. The molecule has 1 aromatic carbocycles. The summed E-state index contributed by atoms with van der Waals surface area (Å²) in [5.74, 6) is 0. The third-order valence-corrected chi connectivity index (χ3v) is 5.06. The number of aromatic nitrogens is 1. The lowest BCUT2D eigenvalue weighted by Crippen LogP contribution is -2.31. The first kappa shape index (κ1) is 20.1. The van der Waals surface area contributed by atoms with Gasteiger partial charge in [0.15, 0.2) is 0 Å². The van der Waals surface area contributed by atoms with Crippen molar-refractivity contribution in [2.24, 2.45) is 5.73 Å². The quantitative estimate of drug-likeness (QED) is 0.821. The van der Waals surface area contributed by atoms with Gasteiger partial charge < -0.3 is 5.73 Å². The van der Waals surface area contributed by atoms with Crippen LogP contribution in [0, 0.1) is 0 Å². The summed E-state index contributed by atoms with van der Waals surface area (Å²) in [5, 5.41) is 1.19. The molecule has 128 valence electrons. The van der Waals surface area contributed by atoms with Gasteiger partial charge in [0, 0.05) is 30.7 Å². The maximum absolute atomic E-state index is 5.77. The van der Waals surface area contributed by atoms with E-state index in [4.69, 9.17) is 5.73 Å². The molecule has 0 bridgehead atoms. The molecule has 2 aromatic rings. The van der Waals surface area contributed by atoms with Crippen molar-refractivity contribution in [1.29, 1.82) is 0 Å². The molecule has 3 nitrogen and oxygen atoms in total. The summed E-state index contributed by atoms with van der Waals surface area (Å²) in [6.45, 7) is 10.2. The van der Waals surface area contributed by atoms with Crippen molar-refractivity contribution < 1.29 is 0 Å². The molecule has 0 aliphatic rings. The van der Waals surface area contributed by atoms with E-state index in [2.05, 4.69) is 61.0 Å². The fraction of sp³-hybridized carbons (Fsp3) is 0.500. The van der Waals surface area contributed by atoms with Gasteiger partial charge in [0.05, 0.1) is 6.54 Å². The van der Waals surface area contributed by atoms with E-state index in [-0.39, 0.29) is 17.8 Å². The minimum Gasteiger partial charge on any atom is -0.329 e. The van der Waals surface area contributed by atoms with E-state index in [1.165, 1.54) is 15.4 Å². The number of nitrogens with two attached hydrogens (primary N) is 1. The van der Waals surface area contributed by atoms with Crippen molar-refractivity contribution in [3.63, 3.8) is 0 Å². The molecule has 0 spiro atoms. The molecule has 23 heavy (non-hydrogen) atoms. The SMILES string of the molecule is CC(C)(C)c1cnc(CN(CCN)CCc2ccccc2)s1.Cl. The summed E-state index contributed by atoms with van der Waals surface area (Å²) in [4.78, 5) is 8.34. The smallest absolute Gasteiger partial charge is 0.107 e. The van der Waals surface area contributed by atoms with E-state index in [1.54, 1.807) is 0 Å². The highest BCUT2D eigenvalue weighted by Crippen LogP contribution is 2.28. The van der Waals surface area contributed by atoms with Gasteiger partial charge in [-0.1, -0.05) is 51.1 Å². The number of rotatable bonds is 7. The predicted molar refractivity (Wildman–Crippen MR) is 103 cm³/mol. The molecule has 2 rings (SSSR count). The normalized spacial score (nSPS) is 11.5. The maximum Gasteiger partial charge on any atom is 0.107 e. The Morgan fingerprint density at radius 3 is 2.39 bits per heavy atom. The van der Waals surface area contributed by atoms with Crippen molar-refractivity contribution in [1.82, 2.24) is 9.88 Å². The van der Waals surface area contributed by atoms with E-state index >= 15 is 0 Å². The second kappa shape index (κ2) is 9.38. The Kier molecular flexibility index (Phi) is 8.20. The Hall–Kier alpha value is -0.940. The predicted octanol–water partition coefficient (Wildman–Crippen LogP) is 3.87. The minimum atomic E-state index is 0. The van der Waals surface area contributed by atoms with Crippen molar-refractivity contribution in [2.45, 2.75) is 39.2 Å². The molecule has 1 aromatic heterocycles. The first-order chi connectivity index (χ1) is 10.5. The van der Waals surface area contributed by atoms with Crippen molar-refractivity contribution in [2.75, 3.05) is 19.6 Å². The zero-order chi connectivity index (χ0) is 16.0. The summed E-state index contributed by atoms with van der Waals surface area (Å²) >= 11 is 1.82. The van der Waals surface area contributed by atoms with Crippen LogP contribution in [0.3, 0.4) is 0 Å². The molecule has 0 saturated carbocycles. The zero-order valence-electron chi connectivity index (χ0n) is 14.3.